The van der Waals surface area contributed by atoms with Gasteiger partial charge >= 0.3 is 4.87 Å². The van der Waals surface area contributed by atoms with Gasteiger partial charge in [0.25, 0.3) is 0 Å². The molecule has 2 heterocycles. The summed E-state index contributed by atoms with van der Waals surface area (Å²) in [5.41, 5.74) is 1.53. The number of hydrogen-bond acceptors (Lipinski definition) is 5. The van der Waals surface area contributed by atoms with Crippen LogP contribution in [0.1, 0.15) is 21.6 Å². The quantitative estimate of drug-likeness (QED) is 0.498. The van der Waals surface area contributed by atoms with Gasteiger partial charge in [0.15, 0.2) is 5.78 Å². The third-order valence-electron chi connectivity index (χ3n) is 4.51. The van der Waals surface area contributed by atoms with Crippen LogP contribution in [-0.4, -0.2) is 21.2 Å². The lowest BCUT2D eigenvalue weighted by Gasteiger charge is -2.07. The molecule has 1 N–H and O–H groups in total. The smallest absolute Gasteiger partial charge is 0.308 e. The van der Waals surface area contributed by atoms with Gasteiger partial charge in [-0.25, -0.2) is 9.37 Å². The van der Waals surface area contributed by atoms with Crippen LogP contribution in [-0.2, 0) is 11.3 Å². The molecule has 2 aromatic carbocycles. The summed E-state index contributed by atoms with van der Waals surface area (Å²) in [6.45, 7) is 1.63. The van der Waals surface area contributed by atoms with Crippen LogP contribution in [0.15, 0.2) is 65.5 Å². The minimum Gasteiger partial charge on any atom is -0.309 e. The number of halogens is 1. The summed E-state index contributed by atoms with van der Waals surface area (Å²) in [6, 6.07) is 15.7. The third kappa shape index (κ3) is 3.90. The van der Waals surface area contributed by atoms with E-state index in [1.807, 2.05) is 13.0 Å². The first-order valence-electron chi connectivity index (χ1n) is 9.08. The van der Waals surface area contributed by atoms with Crippen molar-refractivity contribution in [3.63, 3.8) is 0 Å². The second kappa shape index (κ2) is 8.00. The Labute approximate surface area is 174 Å². The Morgan fingerprint density at radius 1 is 1.10 bits per heavy atom. The molecule has 0 atom stereocenters. The maximum absolute atomic E-state index is 13.9. The first kappa shape index (κ1) is 19.7. The summed E-state index contributed by atoms with van der Waals surface area (Å²) in [7, 11) is 0. The average molecular weight is 421 g/mol. The van der Waals surface area contributed by atoms with Crippen molar-refractivity contribution >= 4 is 39.1 Å². The van der Waals surface area contributed by atoms with Gasteiger partial charge in [-0.3, -0.25) is 19.0 Å². The summed E-state index contributed by atoms with van der Waals surface area (Å²) < 4.78 is 15.8. The fourth-order valence-electron chi connectivity index (χ4n) is 3.10. The summed E-state index contributed by atoms with van der Waals surface area (Å²) in [5.74, 6) is -1.05. The lowest BCUT2D eigenvalue weighted by atomic mass is 10.0. The number of carbonyl (C=O) groups excluding carboxylic acids is 2. The predicted octanol–water partition coefficient (Wildman–Crippen LogP) is 3.78. The van der Waals surface area contributed by atoms with Crippen LogP contribution in [0.4, 0.5) is 10.2 Å². The highest BCUT2D eigenvalue weighted by Gasteiger charge is 2.17. The first-order chi connectivity index (χ1) is 14.4. The van der Waals surface area contributed by atoms with E-state index in [-0.39, 0.29) is 28.5 Å². The Balaban J connectivity index is 1.61. The van der Waals surface area contributed by atoms with Gasteiger partial charge in [-0.15, -0.1) is 0 Å². The molecule has 0 aliphatic rings. The zero-order valence-corrected chi connectivity index (χ0v) is 16.7. The van der Waals surface area contributed by atoms with Crippen LogP contribution in [0, 0.1) is 12.7 Å². The van der Waals surface area contributed by atoms with Gasteiger partial charge < -0.3 is 5.32 Å². The highest BCUT2D eigenvalue weighted by molar-refractivity contribution is 7.16. The number of benzene rings is 2. The van der Waals surface area contributed by atoms with E-state index in [1.54, 1.807) is 30.3 Å². The van der Waals surface area contributed by atoms with Crippen LogP contribution >= 0.6 is 11.3 Å². The number of aryl methyl sites for hydroxylation is 1. The molecule has 0 saturated carbocycles. The third-order valence-corrected chi connectivity index (χ3v) is 5.45. The van der Waals surface area contributed by atoms with Gasteiger partial charge in [-0.05, 0) is 49.4 Å². The number of carbonyl (C=O) groups is 2. The van der Waals surface area contributed by atoms with Crippen molar-refractivity contribution in [2.45, 2.75) is 13.5 Å². The number of hydrogen-bond donors (Lipinski definition) is 1. The SMILES string of the molecule is Cc1cccc(NC(=O)Cn2c(=O)sc3cc(C(=O)c4ccccc4F)ccc32)n1. The van der Waals surface area contributed by atoms with E-state index in [9.17, 15) is 18.8 Å². The molecule has 4 rings (SSSR count). The number of rotatable bonds is 5. The summed E-state index contributed by atoms with van der Waals surface area (Å²) in [5, 5.41) is 2.67. The van der Waals surface area contributed by atoms with Gasteiger partial charge in [0, 0.05) is 11.3 Å². The zero-order chi connectivity index (χ0) is 21.3. The second-order valence-electron chi connectivity index (χ2n) is 6.66. The van der Waals surface area contributed by atoms with Gasteiger partial charge in [0.2, 0.25) is 5.91 Å². The van der Waals surface area contributed by atoms with E-state index in [2.05, 4.69) is 10.3 Å². The average Bonchev–Trinajstić information content (AvgIpc) is 3.02. The second-order valence-corrected chi connectivity index (χ2v) is 7.65. The summed E-state index contributed by atoms with van der Waals surface area (Å²) in [6.07, 6.45) is 0. The van der Waals surface area contributed by atoms with Crippen molar-refractivity contribution in [3.05, 3.63) is 93.0 Å². The van der Waals surface area contributed by atoms with Crippen LogP contribution in [0.3, 0.4) is 0 Å². The number of nitrogens with one attached hydrogen (secondary N) is 1. The lowest BCUT2D eigenvalue weighted by Crippen LogP contribution is -2.24. The minimum absolute atomic E-state index is 0.0336. The lowest BCUT2D eigenvalue weighted by molar-refractivity contribution is -0.116. The van der Waals surface area contributed by atoms with Crippen molar-refractivity contribution in [1.29, 1.82) is 0 Å². The fourth-order valence-corrected chi connectivity index (χ4v) is 4.03. The Kier molecular flexibility index (Phi) is 5.24. The molecule has 0 fully saturated rings. The van der Waals surface area contributed by atoms with Gasteiger partial charge in [0.05, 0.1) is 15.8 Å². The molecular formula is C22H16FN3O3S. The first-order valence-corrected chi connectivity index (χ1v) is 9.90. The molecule has 0 aliphatic carbocycles. The number of aromatic nitrogens is 2. The van der Waals surface area contributed by atoms with Crippen LogP contribution in [0.25, 0.3) is 10.2 Å². The van der Waals surface area contributed by atoms with Crippen molar-refractivity contribution in [2.24, 2.45) is 0 Å². The van der Waals surface area contributed by atoms with Crippen molar-refractivity contribution in [1.82, 2.24) is 9.55 Å². The highest BCUT2D eigenvalue weighted by Crippen LogP contribution is 2.22. The molecule has 0 bridgehead atoms. The van der Waals surface area contributed by atoms with Gasteiger partial charge in [-0.2, -0.15) is 0 Å². The maximum atomic E-state index is 13.9. The zero-order valence-electron chi connectivity index (χ0n) is 15.9. The molecule has 4 aromatic rings. The van der Waals surface area contributed by atoms with Gasteiger partial charge in [0.1, 0.15) is 18.2 Å². The Morgan fingerprint density at radius 3 is 2.67 bits per heavy atom. The molecule has 0 aliphatic heterocycles. The molecule has 150 valence electrons. The molecule has 1 amide bonds. The molecular weight excluding hydrogens is 405 g/mol. The van der Waals surface area contributed by atoms with Gasteiger partial charge in [-0.1, -0.05) is 29.5 Å². The molecule has 8 heteroatoms. The predicted molar refractivity (Wildman–Crippen MR) is 114 cm³/mol. The molecule has 30 heavy (non-hydrogen) atoms. The largest absolute Gasteiger partial charge is 0.309 e. The molecule has 0 spiro atoms. The Bertz CT molecular complexity index is 1340. The Morgan fingerprint density at radius 2 is 1.90 bits per heavy atom. The standard InChI is InChI=1S/C22H16FN3O3S/c1-13-5-4-8-19(24-13)25-20(27)12-26-17-10-9-14(11-18(17)30-22(26)29)21(28)15-6-2-3-7-16(15)23/h2-11H,12H2,1H3,(H,24,25,27). The molecule has 2 aromatic heterocycles. The summed E-state index contributed by atoms with van der Waals surface area (Å²) >= 11 is 0.926. The highest BCUT2D eigenvalue weighted by atomic mass is 32.1. The van der Waals surface area contributed by atoms with E-state index in [1.165, 1.54) is 28.8 Å². The van der Waals surface area contributed by atoms with Crippen molar-refractivity contribution in [2.75, 3.05) is 5.32 Å². The van der Waals surface area contributed by atoms with Crippen LogP contribution in [0.5, 0.6) is 0 Å². The number of amides is 1. The topological polar surface area (TPSA) is 81.1 Å². The fraction of sp³-hybridized carbons (Fsp3) is 0.0909. The van der Waals surface area contributed by atoms with Crippen LogP contribution in [0.2, 0.25) is 0 Å². The van der Waals surface area contributed by atoms with E-state index < -0.39 is 11.6 Å². The van der Waals surface area contributed by atoms with E-state index in [4.69, 9.17) is 0 Å². The van der Waals surface area contributed by atoms with E-state index in [0.29, 0.717) is 16.0 Å². The van der Waals surface area contributed by atoms with Crippen molar-refractivity contribution < 1.29 is 14.0 Å². The summed E-state index contributed by atoms with van der Waals surface area (Å²) in [4.78, 5) is 41.3. The van der Waals surface area contributed by atoms with E-state index >= 15 is 0 Å². The number of fused-ring (bicyclic) bond motifs is 1. The number of anilines is 1. The molecule has 0 saturated heterocycles. The maximum Gasteiger partial charge on any atom is 0.308 e. The molecule has 0 radical (unpaired) electrons. The number of thiazole rings is 1. The van der Waals surface area contributed by atoms with Crippen LogP contribution < -0.4 is 10.2 Å². The molecule has 6 nitrogen and oxygen atoms in total. The van der Waals surface area contributed by atoms with Crippen molar-refractivity contribution in [3.8, 4) is 0 Å². The molecule has 0 unspecified atom stereocenters. The number of nitrogens with zero attached hydrogens (tertiary/aromatic N) is 2. The minimum atomic E-state index is -0.602. The Hall–Kier alpha value is -3.65. The monoisotopic (exact) mass is 421 g/mol. The van der Waals surface area contributed by atoms with E-state index in [0.717, 1.165) is 17.0 Å². The number of pyridine rings is 1. The normalized spacial score (nSPS) is 10.9. The number of ketones is 1.